The molecular weight excluding hydrogens is 441 g/mol. The Morgan fingerprint density at radius 3 is 2.79 bits per heavy atom. The molecule has 1 fully saturated rings. The third kappa shape index (κ3) is 4.98. The molecule has 1 aromatic carbocycles. The Morgan fingerprint density at radius 2 is 2.12 bits per heavy atom. The molecule has 3 rings (SSSR count). The van der Waals surface area contributed by atoms with Crippen molar-refractivity contribution in [3.05, 3.63) is 29.8 Å². The average molecular weight is 465 g/mol. The highest BCUT2D eigenvalue weighted by Crippen LogP contribution is 2.46. The van der Waals surface area contributed by atoms with Gasteiger partial charge in [-0.2, -0.15) is 0 Å². The van der Waals surface area contributed by atoms with Crippen molar-refractivity contribution in [3.8, 4) is 5.75 Å². The smallest absolute Gasteiger partial charge is 0.189 e. The maximum atomic E-state index is 11.5. The van der Waals surface area contributed by atoms with Crippen LogP contribution in [0.2, 0.25) is 0 Å². The normalized spacial score (nSPS) is 21.9. The van der Waals surface area contributed by atoms with Crippen molar-refractivity contribution in [2.45, 2.75) is 25.3 Å². The second-order valence-electron chi connectivity index (χ2n) is 6.64. The molecule has 1 aliphatic heterocycles. The SMILES string of the molecule is CS(=O)(=O)CC1(CN=C(N)NC2CCOc3ccccc32)CC1.I. The third-order valence-electron chi connectivity index (χ3n) is 4.39. The maximum absolute atomic E-state index is 11.5. The Kier molecular flexibility index (Phi) is 6.00. The number of nitrogens with one attached hydrogen (secondary N) is 1. The predicted molar refractivity (Wildman–Crippen MR) is 106 cm³/mol. The summed E-state index contributed by atoms with van der Waals surface area (Å²) in [5, 5.41) is 3.24. The molecule has 0 spiro atoms. The second kappa shape index (κ2) is 7.47. The van der Waals surface area contributed by atoms with Gasteiger partial charge in [0.25, 0.3) is 0 Å². The molecule has 3 N–H and O–H groups in total. The number of nitrogens with two attached hydrogens (primary N) is 1. The summed E-state index contributed by atoms with van der Waals surface area (Å²) < 4.78 is 28.6. The monoisotopic (exact) mass is 465 g/mol. The lowest BCUT2D eigenvalue weighted by atomic mass is 10.0. The minimum Gasteiger partial charge on any atom is -0.493 e. The van der Waals surface area contributed by atoms with Crippen LogP contribution in [0.3, 0.4) is 0 Å². The number of benzene rings is 1. The Labute approximate surface area is 160 Å². The number of rotatable bonds is 5. The zero-order valence-electron chi connectivity index (χ0n) is 13.7. The maximum Gasteiger partial charge on any atom is 0.189 e. The van der Waals surface area contributed by atoms with Gasteiger partial charge in [-0.05, 0) is 18.9 Å². The summed E-state index contributed by atoms with van der Waals surface area (Å²) >= 11 is 0. The summed E-state index contributed by atoms with van der Waals surface area (Å²) in [6.45, 7) is 1.10. The van der Waals surface area contributed by atoms with Crippen molar-refractivity contribution < 1.29 is 13.2 Å². The Balaban J connectivity index is 0.00000208. The second-order valence-corrected chi connectivity index (χ2v) is 8.78. The van der Waals surface area contributed by atoms with Gasteiger partial charge in [-0.1, -0.05) is 18.2 Å². The van der Waals surface area contributed by atoms with Crippen LogP contribution in [0.5, 0.6) is 5.75 Å². The van der Waals surface area contributed by atoms with Gasteiger partial charge >= 0.3 is 0 Å². The van der Waals surface area contributed by atoms with Crippen molar-refractivity contribution in [1.29, 1.82) is 0 Å². The zero-order chi connectivity index (χ0) is 16.5. The highest BCUT2D eigenvalue weighted by molar-refractivity contribution is 14.0. The van der Waals surface area contributed by atoms with Gasteiger partial charge in [-0.15, -0.1) is 24.0 Å². The van der Waals surface area contributed by atoms with Gasteiger partial charge in [-0.25, -0.2) is 8.42 Å². The molecule has 1 atom stereocenters. The number of nitrogens with zero attached hydrogens (tertiary/aromatic N) is 1. The molecule has 1 unspecified atom stereocenters. The van der Waals surface area contributed by atoms with Crippen LogP contribution in [0.1, 0.15) is 30.9 Å². The lowest BCUT2D eigenvalue weighted by molar-refractivity contribution is 0.262. The first-order chi connectivity index (χ1) is 10.9. The molecule has 1 heterocycles. The molecule has 0 saturated heterocycles. The molecule has 0 radical (unpaired) electrons. The Hall–Kier alpha value is -1.03. The lowest BCUT2D eigenvalue weighted by Crippen LogP contribution is -2.38. The van der Waals surface area contributed by atoms with E-state index in [0.29, 0.717) is 19.1 Å². The van der Waals surface area contributed by atoms with E-state index in [2.05, 4.69) is 10.3 Å². The number of guanidine groups is 1. The molecule has 1 saturated carbocycles. The largest absolute Gasteiger partial charge is 0.493 e. The van der Waals surface area contributed by atoms with E-state index in [9.17, 15) is 8.42 Å². The summed E-state index contributed by atoms with van der Waals surface area (Å²) in [7, 11) is -2.98. The molecule has 24 heavy (non-hydrogen) atoms. The van der Waals surface area contributed by atoms with Gasteiger partial charge in [-0.3, -0.25) is 4.99 Å². The van der Waals surface area contributed by atoms with Crippen LogP contribution < -0.4 is 15.8 Å². The number of hydrogen-bond donors (Lipinski definition) is 2. The number of aliphatic imine (C=N–C) groups is 1. The lowest BCUT2D eigenvalue weighted by Gasteiger charge is -2.27. The van der Waals surface area contributed by atoms with E-state index in [4.69, 9.17) is 10.5 Å². The van der Waals surface area contributed by atoms with Crippen molar-refractivity contribution in [1.82, 2.24) is 5.32 Å². The van der Waals surface area contributed by atoms with Gasteiger partial charge in [0.1, 0.15) is 15.6 Å². The highest BCUT2D eigenvalue weighted by Gasteiger charge is 2.45. The number of sulfone groups is 1. The first-order valence-electron chi connectivity index (χ1n) is 7.83. The summed E-state index contributed by atoms with van der Waals surface area (Å²) in [6, 6.07) is 7.96. The molecule has 0 aromatic heterocycles. The molecule has 8 heteroatoms. The molecule has 0 amide bonds. The number of hydrogen-bond acceptors (Lipinski definition) is 4. The fourth-order valence-corrected chi connectivity index (χ4v) is 4.54. The van der Waals surface area contributed by atoms with Crippen LogP contribution in [-0.2, 0) is 9.84 Å². The minimum atomic E-state index is -2.98. The summed E-state index contributed by atoms with van der Waals surface area (Å²) in [5.74, 6) is 1.43. The number of fused-ring (bicyclic) bond motifs is 1. The number of ether oxygens (including phenoxy) is 1. The van der Waals surface area contributed by atoms with Gasteiger partial charge in [0.15, 0.2) is 5.96 Å². The van der Waals surface area contributed by atoms with E-state index < -0.39 is 9.84 Å². The predicted octanol–water partition coefficient (Wildman–Crippen LogP) is 1.86. The zero-order valence-corrected chi connectivity index (χ0v) is 16.8. The average Bonchev–Trinajstić information content (AvgIpc) is 3.24. The minimum absolute atomic E-state index is 0. The van der Waals surface area contributed by atoms with Gasteiger partial charge in [0.05, 0.1) is 18.4 Å². The molecule has 1 aliphatic carbocycles. The molecular formula is C16H24IN3O3S. The Morgan fingerprint density at radius 1 is 1.42 bits per heavy atom. The van der Waals surface area contributed by atoms with Crippen LogP contribution >= 0.6 is 24.0 Å². The van der Waals surface area contributed by atoms with Crippen LogP contribution in [0, 0.1) is 5.41 Å². The highest BCUT2D eigenvalue weighted by atomic mass is 127. The fourth-order valence-electron chi connectivity index (χ4n) is 3.05. The molecule has 6 nitrogen and oxygen atoms in total. The third-order valence-corrected chi connectivity index (χ3v) is 5.53. The van der Waals surface area contributed by atoms with Crippen molar-refractivity contribution in [2.24, 2.45) is 16.1 Å². The van der Waals surface area contributed by atoms with Crippen LogP contribution in [0.4, 0.5) is 0 Å². The number of para-hydroxylation sites is 1. The molecule has 134 valence electrons. The molecule has 0 bridgehead atoms. The van der Waals surface area contributed by atoms with Gasteiger partial charge in [0.2, 0.25) is 0 Å². The van der Waals surface area contributed by atoms with E-state index >= 15 is 0 Å². The van der Waals surface area contributed by atoms with E-state index in [1.54, 1.807) is 0 Å². The van der Waals surface area contributed by atoms with Crippen molar-refractivity contribution >= 4 is 39.8 Å². The van der Waals surface area contributed by atoms with Crippen molar-refractivity contribution in [2.75, 3.05) is 25.2 Å². The fraction of sp³-hybridized carbons (Fsp3) is 0.562. The summed E-state index contributed by atoms with van der Waals surface area (Å²) in [5.41, 5.74) is 6.89. The van der Waals surface area contributed by atoms with Crippen LogP contribution in [0.25, 0.3) is 0 Å². The van der Waals surface area contributed by atoms with Crippen LogP contribution in [0.15, 0.2) is 29.3 Å². The van der Waals surface area contributed by atoms with E-state index in [-0.39, 0.29) is 41.2 Å². The first-order valence-corrected chi connectivity index (χ1v) is 9.89. The van der Waals surface area contributed by atoms with E-state index in [0.717, 1.165) is 30.6 Å². The van der Waals surface area contributed by atoms with Crippen molar-refractivity contribution in [3.63, 3.8) is 0 Å². The van der Waals surface area contributed by atoms with Gasteiger partial charge in [0, 0.05) is 30.2 Å². The number of halogens is 1. The molecule has 2 aliphatic rings. The summed E-state index contributed by atoms with van der Waals surface area (Å²) in [4.78, 5) is 4.39. The first kappa shape index (κ1) is 19.3. The van der Waals surface area contributed by atoms with E-state index in [1.807, 2.05) is 24.3 Å². The van der Waals surface area contributed by atoms with Gasteiger partial charge < -0.3 is 15.8 Å². The summed E-state index contributed by atoms with van der Waals surface area (Å²) in [6.07, 6.45) is 3.90. The quantitative estimate of drug-likeness (QED) is 0.394. The van der Waals surface area contributed by atoms with Crippen LogP contribution in [-0.4, -0.2) is 39.5 Å². The van der Waals surface area contributed by atoms with E-state index in [1.165, 1.54) is 6.26 Å². The molecule has 1 aromatic rings. The Bertz CT molecular complexity index is 717. The standard InChI is InChI=1S/C16H23N3O3S.HI/c1-23(20,21)11-16(7-8-16)10-18-15(17)19-13-6-9-22-14-5-3-2-4-12(13)14;/h2-5,13H,6-11H2,1H3,(H3,17,18,19);1H. The topological polar surface area (TPSA) is 93.8 Å².